The highest BCUT2D eigenvalue weighted by molar-refractivity contribution is 5.91. The highest BCUT2D eigenvalue weighted by Crippen LogP contribution is 2.15. The highest BCUT2D eigenvalue weighted by atomic mass is 16.6. The van der Waals surface area contributed by atoms with Gasteiger partial charge in [0.25, 0.3) is 5.91 Å². The van der Waals surface area contributed by atoms with Gasteiger partial charge in [0.05, 0.1) is 6.07 Å². The van der Waals surface area contributed by atoms with Gasteiger partial charge in [0.1, 0.15) is 4.92 Å². The number of carbonyl (C=O) groups excluding carboxylic acids is 1. The lowest BCUT2D eigenvalue weighted by Gasteiger charge is -2.12. The first kappa shape index (κ1) is 14.2. The molecule has 1 N–H and O–H groups in total. The monoisotopic (exact) mass is 254 g/mol. The smallest absolute Gasteiger partial charge is 0.395 e. The molecular formula is C12H18N2O4. The van der Waals surface area contributed by atoms with E-state index in [0.717, 1.165) is 25.7 Å². The fourth-order valence-electron chi connectivity index (χ4n) is 1.62. The fourth-order valence-corrected chi connectivity index (χ4v) is 1.62. The van der Waals surface area contributed by atoms with E-state index in [4.69, 9.17) is 4.42 Å². The first-order chi connectivity index (χ1) is 8.54. The molecule has 1 aromatic heterocycles. The van der Waals surface area contributed by atoms with Crippen molar-refractivity contribution in [3.63, 3.8) is 0 Å². The molecule has 1 atom stereocenters. The average molecular weight is 254 g/mol. The molecule has 0 bridgehead atoms. The van der Waals surface area contributed by atoms with E-state index in [-0.39, 0.29) is 11.8 Å². The molecule has 6 nitrogen and oxygen atoms in total. The Hall–Kier alpha value is -1.85. The van der Waals surface area contributed by atoms with Crippen molar-refractivity contribution >= 4 is 11.8 Å². The van der Waals surface area contributed by atoms with Gasteiger partial charge in [0, 0.05) is 6.04 Å². The Kier molecular flexibility index (Phi) is 5.35. The number of furan rings is 1. The van der Waals surface area contributed by atoms with Crippen molar-refractivity contribution < 1.29 is 14.1 Å². The summed E-state index contributed by atoms with van der Waals surface area (Å²) in [6.07, 6.45) is 4.20. The lowest BCUT2D eigenvalue weighted by Crippen LogP contribution is -2.32. The molecular weight excluding hydrogens is 236 g/mol. The number of hydrogen-bond acceptors (Lipinski definition) is 4. The Morgan fingerprint density at radius 3 is 2.78 bits per heavy atom. The quantitative estimate of drug-likeness (QED) is 0.460. The predicted octanol–water partition coefficient (Wildman–Crippen LogP) is 2.89. The molecule has 0 saturated heterocycles. The second kappa shape index (κ2) is 6.78. The fraction of sp³-hybridized carbons (Fsp3) is 0.583. The minimum Gasteiger partial charge on any atom is -0.395 e. The molecule has 6 heteroatoms. The molecule has 0 fully saturated rings. The van der Waals surface area contributed by atoms with E-state index in [1.807, 2.05) is 6.92 Å². The predicted molar refractivity (Wildman–Crippen MR) is 66.4 cm³/mol. The van der Waals surface area contributed by atoms with Crippen LogP contribution in [0.4, 0.5) is 5.88 Å². The normalized spacial score (nSPS) is 12.1. The minimum absolute atomic E-state index is 0.0240. The minimum atomic E-state index is -0.665. The zero-order valence-electron chi connectivity index (χ0n) is 10.6. The van der Waals surface area contributed by atoms with Gasteiger partial charge >= 0.3 is 5.88 Å². The Morgan fingerprint density at radius 2 is 2.22 bits per heavy atom. The number of nitro groups is 1. The Labute approximate surface area is 106 Å². The summed E-state index contributed by atoms with van der Waals surface area (Å²) in [7, 11) is 0. The second-order valence-electron chi connectivity index (χ2n) is 4.27. The van der Waals surface area contributed by atoms with Crippen LogP contribution in [-0.2, 0) is 0 Å². The number of nitrogens with one attached hydrogen (secondary N) is 1. The van der Waals surface area contributed by atoms with Gasteiger partial charge in [0.2, 0.25) is 0 Å². The molecule has 0 aliphatic rings. The van der Waals surface area contributed by atoms with Crippen LogP contribution in [0.2, 0.25) is 0 Å². The van der Waals surface area contributed by atoms with Crippen molar-refractivity contribution in [2.75, 3.05) is 0 Å². The summed E-state index contributed by atoms with van der Waals surface area (Å²) >= 11 is 0. The zero-order chi connectivity index (χ0) is 13.5. The molecule has 0 radical (unpaired) electrons. The summed E-state index contributed by atoms with van der Waals surface area (Å²) in [5, 5.41) is 13.2. The van der Waals surface area contributed by atoms with Crippen molar-refractivity contribution in [2.24, 2.45) is 0 Å². The van der Waals surface area contributed by atoms with Crippen LogP contribution in [0, 0.1) is 10.1 Å². The number of carbonyl (C=O) groups is 1. The van der Waals surface area contributed by atoms with E-state index in [2.05, 4.69) is 12.2 Å². The second-order valence-corrected chi connectivity index (χ2v) is 4.27. The van der Waals surface area contributed by atoms with Gasteiger partial charge in [-0.3, -0.25) is 14.9 Å². The third-order valence-electron chi connectivity index (χ3n) is 2.61. The van der Waals surface area contributed by atoms with Crippen molar-refractivity contribution in [1.29, 1.82) is 0 Å². The van der Waals surface area contributed by atoms with E-state index in [1.54, 1.807) is 0 Å². The van der Waals surface area contributed by atoms with Crippen molar-refractivity contribution in [2.45, 2.75) is 45.6 Å². The first-order valence-electron chi connectivity index (χ1n) is 6.09. The van der Waals surface area contributed by atoms with Crippen LogP contribution in [0.1, 0.15) is 50.1 Å². The van der Waals surface area contributed by atoms with E-state index < -0.39 is 16.7 Å². The van der Waals surface area contributed by atoms with E-state index in [9.17, 15) is 14.9 Å². The zero-order valence-corrected chi connectivity index (χ0v) is 10.6. The number of rotatable bonds is 7. The summed E-state index contributed by atoms with van der Waals surface area (Å²) in [6, 6.07) is 2.52. The number of hydrogen-bond donors (Lipinski definition) is 1. The summed E-state index contributed by atoms with van der Waals surface area (Å²) < 4.78 is 4.82. The summed E-state index contributed by atoms with van der Waals surface area (Å²) in [5.41, 5.74) is 0. The maximum atomic E-state index is 11.7. The van der Waals surface area contributed by atoms with E-state index >= 15 is 0 Å². The van der Waals surface area contributed by atoms with Crippen LogP contribution in [0.25, 0.3) is 0 Å². The van der Waals surface area contributed by atoms with Gasteiger partial charge in [-0.15, -0.1) is 0 Å². The van der Waals surface area contributed by atoms with Crippen LogP contribution in [0.15, 0.2) is 16.5 Å². The van der Waals surface area contributed by atoms with E-state index in [1.165, 1.54) is 12.1 Å². The van der Waals surface area contributed by atoms with Gasteiger partial charge < -0.3 is 9.73 Å². The van der Waals surface area contributed by atoms with Gasteiger partial charge in [-0.1, -0.05) is 26.2 Å². The molecule has 18 heavy (non-hydrogen) atoms. The largest absolute Gasteiger partial charge is 0.433 e. The van der Waals surface area contributed by atoms with Crippen molar-refractivity contribution in [3.05, 3.63) is 28.0 Å². The van der Waals surface area contributed by atoms with Gasteiger partial charge in [-0.25, -0.2) is 0 Å². The maximum Gasteiger partial charge on any atom is 0.433 e. The van der Waals surface area contributed by atoms with Gasteiger partial charge in [-0.2, -0.15) is 0 Å². The molecule has 1 unspecified atom stereocenters. The molecule has 0 spiro atoms. The third kappa shape index (κ3) is 4.20. The molecule has 1 rings (SSSR count). The average Bonchev–Trinajstić information content (AvgIpc) is 2.78. The van der Waals surface area contributed by atoms with Crippen LogP contribution < -0.4 is 5.32 Å². The lowest BCUT2D eigenvalue weighted by molar-refractivity contribution is -0.402. The van der Waals surface area contributed by atoms with Gasteiger partial charge in [-0.05, 0) is 19.4 Å². The molecule has 0 aliphatic carbocycles. The third-order valence-corrected chi connectivity index (χ3v) is 2.61. The number of amides is 1. The molecule has 0 aliphatic heterocycles. The SMILES string of the molecule is CCCCCC(C)NC(=O)c1ccc([N+](=O)[O-])o1. The molecule has 0 aromatic carbocycles. The number of nitrogens with zero attached hydrogens (tertiary/aromatic N) is 1. The highest BCUT2D eigenvalue weighted by Gasteiger charge is 2.18. The first-order valence-corrected chi connectivity index (χ1v) is 6.09. The van der Waals surface area contributed by atoms with Crippen LogP contribution in [0.5, 0.6) is 0 Å². The van der Waals surface area contributed by atoms with Crippen molar-refractivity contribution in [1.82, 2.24) is 5.32 Å². The van der Waals surface area contributed by atoms with Crippen molar-refractivity contribution in [3.8, 4) is 0 Å². The summed E-state index contributed by atoms with van der Waals surface area (Å²) in [4.78, 5) is 21.4. The molecule has 0 saturated carbocycles. The topological polar surface area (TPSA) is 85.4 Å². The summed E-state index contributed by atoms with van der Waals surface area (Å²) in [5.74, 6) is -0.852. The van der Waals surface area contributed by atoms with Crippen LogP contribution >= 0.6 is 0 Å². The van der Waals surface area contributed by atoms with Crippen LogP contribution in [0.3, 0.4) is 0 Å². The molecule has 1 heterocycles. The summed E-state index contributed by atoms with van der Waals surface area (Å²) in [6.45, 7) is 4.02. The van der Waals surface area contributed by atoms with Crippen LogP contribution in [-0.4, -0.2) is 16.9 Å². The number of unbranched alkanes of at least 4 members (excludes halogenated alkanes) is 2. The Bertz CT molecular complexity index is 414. The molecule has 1 amide bonds. The molecule has 1 aromatic rings. The van der Waals surface area contributed by atoms with E-state index in [0.29, 0.717) is 0 Å². The Morgan fingerprint density at radius 1 is 1.50 bits per heavy atom. The lowest BCUT2D eigenvalue weighted by atomic mass is 10.1. The maximum absolute atomic E-state index is 11.7. The molecule has 100 valence electrons. The van der Waals surface area contributed by atoms with Gasteiger partial charge in [0.15, 0.2) is 5.76 Å². The standard InChI is InChI=1S/C12H18N2O4/c1-3-4-5-6-9(2)13-12(15)10-7-8-11(18-10)14(16)17/h7-9H,3-6H2,1-2H3,(H,13,15). The Balaban J connectivity index is 2.46.